The van der Waals surface area contributed by atoms with Crippen LogP contribution in [0.15, 0.2) is 42.5 Å². The zero-order valence-electron chi connectivity index (χ0n) is 9.36. The van der Waals surface area contributed by atoms with Gasteiger partial charge in [-0.1, -0.05) is 35.3 Å². The molecular weight excluding hydrogens is 269 g/mol. The van der Waals surface area contributed by atoms with Crippen molar-refractivity contribution in [1.29, 1.82) is 5.26 Å². The van der Waals surface area contributed by atoms with Crippen molar-refractivity contribution < 1.29 is 4.74 Å². The average Bonchev–Trinajstić information content (AvgIpc) is 2.39. The van der Waals surface area contributed by atoms with Gasteiger partial charge in [0.1, 0.15) is 18.4 Å². The summed E-state index contributed by atoms with van der Waals surface area (Å²) in [7, 11) is 0. The predicted molar refractivity (Wildman–Crippen MR) is 72.0 cm³/mol. The van der Waals surface area contributed by atoms with Gasteiger partial charge < -0.3 is 4.74 Å². The lowest BCUT2D eigenvalue weighted by Gasteiger charge is -2.08. The molecule has 0 atom stereocenters. The SMILES string of the molecule is N#Cc1cc(Cl)ccc1OCc1ccc(Cl)cc1. The largest absolute Gasteiger partial charge is 0.488 e. The van der Waals surface area contributed by atoms with Crippen LogP contribution in [0.4, 0.5) is 0 Å². The molecule has 90 valence electrons. The van der Waals surface area contributed by atoms with Crippen molar-refractivity contribution in [3.63, 3.8) is 0 Å². The van der Waals surface area contributed by atoms with Crippen LogP contribution in [0, 0.1) is 11.3 Å². The number of rotatable bonds is 3. The Morgan fingerprint density at radius 3 is 2.33 bits per heavy atom. The number of benzene rings is 2. The number of ether oxygens (including phenoxy) is 1. The lowest BCUT2D eigenvalue weighted by Crippen LogP contribution is -1.97. The van der Waals surface area contributed by atoms with Gasteiger partial charge in [0.15, 0.2) is 0 Å². The van der Waals surface area contributed by atoms with Crippen molar-refractivity contribution in [3.8, 4) is 11.8 Å². The summed E-state index contributed by atoms with van der Waals surface area (Å²) in [6.07, 6.45) is 0. The van der Waals surface area contributed by atoms with Gasteiger partial charge in [0, 0.05) is 10.0 Å². The van der Waals surface area contributed by atoms with Gasteiger partial charge in [-0.25, -0.2) is 0 Å². The molecule has 0 fully saturated rings. The van der Waals surface area contributed by atoms with E-state index in [-0.39, 0.29) is 0 Å². The Bertz CT molecular complexity index is 588. The van der Waals surface area contributed by atoms with E-state index in [1.165, 1.54) is 0 Å². The first kappa shape index (κ1) is 12.8. The van der Waals surface area contributed by atoms with E-state index < -0.39 is 0 Å². The Morgan fingerprint density at radius 1 is 1.00 bits per heavy atom. The number of halogens is 2. The second kappa shape index (κ2) is 5.77. The molecule has 0 amide bonds. The fourth-order valence-electron chi connectivity index (χ4n) is 1.46. The molecule has 0 radical (unpaired) electrons. The summed E-state index contributed by atoms with van der Waals surface area (Å²) in [5.74, 6) is 0.525. The molecule has 0 heterocycles. The van der Waals surface area contributed by atoms with Crippen LogP contribution in [0.5, 0.6) is 5.75 Å². The lowest BCUT2D eigenvalue weighted by atomic mass is 10.2. The van der Waals surface area contributed by atoms with Crippen LogP contribution in [0.2, 0.25) is 10.0 Å². The molecule has 2 rings (SSSR count). The Balaban J connectivity index is 2.11. The maximum atomic E-state index is 8.97. The minimum absolute atomic E-state index is 0.382. The summed E-state index contributed by atoms with van der Waals surface area (Å²) in [4.78, 5) is 0. The van der Waals surface area contributed by atoms with Gasteiger partial charge in [-0.15, -0.1) is 0 Å². The van der Waals surface area contributed by atoms with Gasteiger partial charge in [-0.05, 0) is 35.9 Å². The van der Waals surface area contributed by atoms with Crippen LogP contribution in [0.25, 0.3) is 0 Å². The fraction of sp³-hybridized carbons (Fsp3) is 0.0714. The van der Waals surface area contributed by atoms with E-state index in [0.29, 0.717) is 28.0 Å². The van der Waals surface area contributed by atoms with Crippen molar-refractivity contribution in [2.45, 2.75) is 6.61 Å². The lowest BCUT2D eigenvalue weighted by molar-refractivity contribution is 0.305. The second-order valence-corrected chi connectivity index (χ2v) is 4.54. The van der Waals surface area contributed by atoms with E-state index in [1.807, 2.05) is 12.1 Å². The maximum Gasteiger partial charge on any atom is 0.137 e. The third kappa shape index (κ3) is 3.16. The molecule has 0 aliphatic carbocycles. The van der Waals surface area contributed by atoms with Crippen molar-refractivity contribution >= 4 is 23.2 Å². The summed E-state index contributed by atoms with van der Waals surface area (Å²) < 4.78 is 5.58. The van der Waals surface area contributed by atoms with E-state index >= 15 is 0 Å². The molecule has 4 heteroatoms. The van der Waals surface area contributed by atoms with Crippen molar-refractivity contribution in [2.75, 3.05) is 0 Å². The smallest absolute Gasteiger partial charge is 0.137 e. The van der Waals surface area contributed by atoms with E-state index in [1.54, 1.807) is 30.3 Å². The van der Waals surface area contributed by atoms with E-state index in [4.69, 9.17) is 33.2 Å². The van der Waals surface area contributed by atoms with Gasteiger partial charge in [0.25, 0.3) is 0 Å². The molecule has 18 heavy (non-hydrogen) atoms. The van der Waals surface area contributed by atoms with Crippen molar-refractivity contribution in [2.24, 2.45) is 0 Å². The summed E-state index contributed by atoms with van der Waals surface area (Å²) in [5, 5.41) is 10.2. The average molecular weight is 278 g/mol. The molecule has 0 saturated heterocycles. The number of hydrogen-bond acceptors (Lipinski definition) is 2. The highest BCUT2D eigenvalue weighted by atomic mass is 35.5. The molecule has 0 unspecified atom stereocenters. The second-order valence-electron chi connectivity index (χ2n) is 3.67. The molecule has 2 aromatic rings. The highest BCUT2D eigenvalue weighted by Crippen LogP contribution is 2.23. The molecule has 0 aliphatic rings. The van der Waals surface area contributed by atoms with Crippen molar-refractivity contribution in [1.82, 2.24) is 0 Å². The van der Waals surface area contributed by atoms with Crippen LogP contribution in [-0.4, -0.2) is 0 Å². The van der Waals surface area contributed by atoms with Gasteiger partial charge in [0.2, 0.25) is 0 Å². The fourth-order valence-corrected chi connectivity index (χ4v) is 1.76. The quantitative estimate of drug-likeness (QED) is 0.831. The van der Waals surface area contributed by atoms with Gasteiger partial charge in [0.05, 0.1) is 5.56 Å². The van der Waals surface area contributed by atoms with Gasteiger partial charge in [-0.2, -0.15) is 5.26 Å². The van der Waals surface area contributed by atoms with E-state index in [9.17, 15) is 0 Å². The third-order valence-corrected chi connectivity index (χ3v) is 2.86. The molecule has 0 saturated carbocycles. The topological polar surface area (TPSA) is 33.0 Å². The number of nitriles is 1. The highest BCUT2D eigenvalue weighted by Gasteiger charge is 2.04. The van der Waals surface area contributed by atoms with Crippen LogP contribution in [0.1, 0.15) is 11.1 Å². The van der Waals surface area contributed by atoms with Crippen LogP contribution in [-0.2, 0) is 6.61 Å². The molecular formula is C14H9Cl2NO. The molecule has 0 aromatic heterocycles. The molecule has 0 spiro atoms. The first-order valence-electron chi connectivity index (χ1n) is 5.26. The molecule has 2 nitrogen and oxygen atoms in total. The molecule has 2 aromatic carbocycles. The Hall–Kier alpha value is -1.69. The number of hydrogen-bond donors (Lipinski definition) is 0. The van der Waals surface area contributed by atoms with E-state index in [2.05, 4.69) is 6.07 Å². The third-order valence-electron chi connectivity index (χ3n) is 2.37. The van der Waals surface area contributed by atoms with Crippen molar-refractivity contribution in [3.05, 3.63) is 63.6 Å². The summed E-state index contributed by atoms with van der Waals surface area (Å²) in [5.41, 5.74) is 1.41. The Labute approximate surface area is 115 Å². The zero-order chi connectivity index (χ0) is 13.0. The summed E-state index contributed by atoms with van der Waals surface area (Å²) in [6, 6.07) is 14.4. The molecule has 0 bridgehead atoms. The highest BCUT2D eigenvalue weighted by molar-refractivity contribution is 6.30. The predicted octanol–water partition coefficient (Wildman–Crippen LogP) is 4.44. The standard InChI is InChI=1S/C14H9Cl2NO/c15-12-3-1-10(2-4-12)9-18-14-6-5-13(16)7-11(14)8-17/h1-7H,9H2. The first-order chi connectivity index (χ1) is 8.69. The molecule has 0 aliphatic heterocycles. The van der Waals surface area contributed by atoms with Crippen LogP contribution < -0.4 is 4.74 Å². The summed E-state index contributed by atoms with van der Waals surface area (Å²) in [6.45, 7) is 0.382. The number of nitrogens with zero attached hydrogens (tertiary/aromatic N) is 1. The minimum atomic E-state index is 0.382. The van der Waals surface area contributed by atoms with Gasteiger partial charge in [-0.3, -0.25) is 0 Å². The van der Waals surface area contributed by atoms with Gasteiger partial charge >= 0.3 is 0 Å². The monoisotopic (exact) mass is 277 g/mol. The first-order valence-corrected chi connectivity index (χ1v) is 6.01. The molecule has 0 N–H and O–H groups in total. The van der Waals surface area contributed by atoms with Crippen LogP contribution in [0.3, 0.4) is 0 Å². The Kier molecular flexibility index (Phi) is 4.09. The summed E-state index contributed by atoms with van der Waals surface area (Å²) >= 11 is 11.6. The Morgan fingerprint density at radius 2 is 1.67 bits per heavy atom. The minimum Gasteiger partial charge on any atom is -0.488 e. The van der Waals surface area contributed by atoms with Crippen LogP contribution >= 0.6 is 23.2 Å². The normalized spacial score (nSPS) is 9.83. The zero-order valence-corrected chi connectivity index (χ0v) is 10.9. The van der Waals surface area contributed by atoms with E-state index in [0.717, 1.165) is 5.56 Å². The maximum absolute atomic E-state index is 8.97.